The average Bonchev–Trinajstić information content (AvgIpc) is 3.59. The van der Waals surface area contributed by atoms with E-state index >= 15 is 0 Å². The van der Waals surface area contributed by atoms with Gasteiger partial charge >= 0.3 is 7.12 Å². The maximum absolute atomic E-state index is 13.3. The Hall–Kier alpha value is -1.93. The van der Waals surface area contributed by atoms with Gasteiger partial charge in [0.25, 0.3) is 5.91 Å². The first-order chi connectivity index (χ1) is 16.6. The lowest BCUT2D eigenvalue weighted by molar-refractivity contribution is 0.00578. The van der Waals surface area contributed by atoms with E-state index in [0.717, 1.165) is 16.7 Å². The van der Waals surface area contributed by atoms with Gasteiger partial charge in [-0.05, 0) is 94.6 Å². The monoisotopic (exact) mass is 507 g/mol. The van der Waals surface area contributed by atoms with Crippen LogP contribution in [-0.2, 0) is 19.3 Å². The fourth-order valence-corrected chi connectivity index (χ4v) is 5.44. The fourth-order valence-electron chi connectivity index (χ4n) is 4.50. The highest BCUT2D eigenvalue weighted by Gasteiger charge is 2.53. The summed E-state index contributed by atoms with van der Waals surface area (Å²) in [6, 6.07) is 13.9. The van der Waals surface area contributed by atoms with Crippen LogP contribution < -0.4 is 10.8 Å². The molecule has 194 valence electrons. The lowest BCUT2D eigenvalue weighted by Crippen LogP contribution is -2.43. The summed E-state index contributed by atoms with van der Waals surface area (Å²) in [4.78, 5) is 13.3. The predicted octanol–water partition coefficient (Wildman–Crippen LogP) is 5.67. The first-order valence-electron chi connectivity index (χ1n) is 13.1. The van der Waals surface area contributed by atoms with Crippen LogP contribution in [0.3, 0.4) is 0 Å². The van der Waals surface area contributed by atoms with E-state index in [0.29, 0.717) is 11.5 Å². The predicted molar refractivity (Wildman–Crippen MR) is 151 cm³/mol. The molecule has 1 aliphatic carbocycles. The molecule has 5 nitrogen and oxygen atoms in total. The zero-order chi connectivity index (χ0) is 26.5. The van der Waals surface area contributed by atoms with E-state index in [-0.39, 0.29) is 10.9 Å². The third kappa shape index (κ3) is 5.80. The normalized spacial score (nSPS) is 19.8. The van der Waals surface area contributed by atoms with Crippen LogP contribution in [-0.4, -0.2) is 34.0 Å². The lowest BCUT2D eigenvalue weighted by Gasteiger charge is -2.34. The van der Waals surface area contributed by atoms with Crippen molar-refractivity contribution in [1.29, 1.82) is 0 Å². The van der Waals surface area contributed by atoms with E-state index in [4.69, 9.17) is 13.7 Å². The molecule has 0 spiro atoms. The molecule has 2 aromatic carbocycles. The van der Waals surface area contributed by atoms with E-state index in [1.165, 1.54) is 18.4 Å². The van der Waals surface area contributed by atoms with Gasteiger partial charge in [-0.2, -0.15) is 0 Å². The van der Waals surface area contributed by atoms with Crippen molar-refractivity contribution in [1.82, 2.24) is 0 Å². The van der Waals surface area contributed by atoms with Gasteiger partial charge < -0.3 is 19.1 Å². The van der Waals surface area contributed by atoms with Gasteiger partial charge in [0, 0.05) is 16.8 Å². The molecular formula is C29H42BNO4Si. The van der Waals surface area contributed by atoms with Crippen molar-refractivity contribution in [2.24, 2.45) is 0 Å². The smallest absolute Gasteiger partial charge is 0.414 e. The minimum Gasteiger partial charge on any atom is -0.414 e. The van der Waals surface area contributed by atoms with Gasteiger partial charge in [-0.15, -0.1) is 0 Å². The maximum atomic E-state index is 13.3. The summed E-state index contributed by atoms with van der Waals surface area (Å²) < 4.78 is 19.5. The van der Waals surface area contributed by atoms with Crippen LogP contribution in [0.4, 0.5) is 5.69 Å². The van der Waals surface area contributed by atoms with Gasteiger partial charge in [0.1, 0.15) is 0 Å². The van der Waals surface area contributed by atoms with Gasteiger partial charge in [0.05, 0.1) is 16.8 Å². The Morgan fingerprint density at radius 3 is 2.08 bits per heavy atom. The Morgan fingerprint density at radius 1 is 0.972 bits per heavy atom. The quantitative estimate of drug-likeness (QED) is 0.491. The summed E-state index contributed by atoms with van der Waals surface area (Å²) in [6.07, 6.45) is 2.49. The highest BCUT2D eigenvalue weighted by atomic mass is 28.2. The standard InChI is InChI=1S/C29H42BNO4Si/c1-26(2,3)36-35-27(4,5)24-22(30-33-28(6,7)29(8,9)34-30)11-10-12-23(24)31-25(32)21-17-15-20(16-18-21)19-13-14-19/h10-12,15-19H,13-14,36H2,1-9H3,(H,31,32). The van der Waals surface area contributed by atoms with Crippen molar-refractivity contribution in [3.05, 3.63) is 59.2 Å². The third-order valence-electron chi connectivity index (χ3n) is 7.54. The summed E-state index contributed by atoms with van der Waals surface area (Å²) >= 11 is 0. The molecule has 1 saturated heterocycles. The van der Waals surface area contributed by atoms with Crippen LogP contribution in [0.2, 0.25) is 5.04 Å². The number of carbonyl (C=O) groups is 1. The first kappa shape index (κ1) is 27.1. The molecule has 0 bridgehead atoms. The molecule has 7 heteroatoms. The number of carbonyl (C=O) groups excluding carboxylic acids is 1. The van der Waals surface area contributed by atoms with Gasteiger partial charge in [-0.3, -0.25) is 4.79 Å². The van der Waals surface area contributed by atoms with Gasteiger partial charge in [-0.25, -0.2) is 0 Å². The number of hydrogen-bond acceptors (Lipinski definition) is 4. The molecule has 2 fully saturated rings. The molecular weight excluding hydrogens is 465 g/mol. The van der Waals surface area contributed by atoms with Crippen LogP contribution in [0.5, 0.6) is 0 Å². The van der Waals surface area contributed by atoms with Crippen LogP contribution in [0.15, 0.2) is 42.5 Å². The number of anilines is 1. The number of nitrogens with one attached hydrogen (secondary N) is 1. The molecule has 2 aliphatic rings. The largest absolute Gasteiger partial charge is 0.495 e. The highest BCUT2D eigenvalue weighted by molar-refractivity contribution is 6.63. The molecule has 0 unspecified atom stereocenters. The minimum atomic E-state index is -0.875. The molecule has 1 heterocycles. The Balaban J connectivity index is 1.70. The van der Waals surface area contributed by atoms with Crippen molar-refractivity contribution < 1.29 is 18.5 Å². The molecule has 0 aromatic heterocycles. The third-order valence-corrected chi connectivity index (χ3v) is 9.27. The van der Waals surface area contributed by atoms with Crippen molar-refractivity contribution in [2.45, 2.75) is 103 Å². The number of benzene rings is 2. The SMILES string of the molecule is CC(C)(C)[SiH2]OC(C)(C)c1c(NC(=O)c2ccc(C3CC3)cc2)cccc1B1OC(C)(C)C(C)(C)O1. The molecule has 36 heavy (non-hydrogen) atoms. The number of amides is 1. The zero-order valence-electron chi connectivity index (χ0n) is 23.5. The van der Waals surface area contributed by atoms with Crippen molar-refractivity contribution in [2.75, 3.05) is 5.32 Å². The van der Waals surface area contributed by atoms with E-state index in [2.05, 4.69) is 79.8 Å². The topological polar surface area (TPSA) is 56.8 Å². The second-order valence-corrected chi connectivity index (χ2v) is 15.8. The molecule has 0 radical (unpaired) electrons. The van der Waals surface area contributed by atoms with Gasteiger partial charge in [-0.1, -0.05) is 45.0 Å². The first-order valence-corrected chi connectivity index (χ1v) is 14.4. The number of hydrogen-bond donors (Lipinski definition) is 1. The summed E-state index contributed by atoms with van der Waals surface area (Å²) in [6.45, 7) is 19.0. The Morgan fingerprint density at radius 2 is 1.56 bits per heavy atom. The summed E-state index contributed by atoms with van der Waals surface area (Å²) in [7, 11) is -1.43. The average molecular weight is 508 g/mol. The Kier molecular flexibility index (Phi) is 7.10. The van der Waals surface area contributed by atoms with Crippen LogP contribution in [0, 0.1) is 0 Å². The Bertz CT molecular complexity index is 1100. The molecule has 1 N–H and O–H groups in total. The molecule has 1 amide bonds. The highest BCUT2D eigenvalue weighted by Crippen LogP contribution is 2.41. The molecule has 2 aromatic rings. The Labute approximate surface area is 219 Å². The zero-order valence-corrected chi connectivity index (χ0v) is 24.9. The summed E-state index contributed by atoms with van der Waals surface area (Å²) in [5.74, 6) is 0.531. The fraction of sp³-hybridized carbons (Fsp3) is 0.552. The van der Waals surface area contributed by atoms with Crippen LogP contribution in [0.1, 0.15) is 103 Å². The van der Waals surface area contributed by atoms with Gasteiger partial charge in [0.15, 0.2) is 9.76 Å². The van der Waals surface area contributed by atoms with E-state index < -0.39 is 33.7 Å². The van der Waals surface area contributed by atoms with E-state index in [9.17, 15) is 4.79 Å². The second-order valence-electron chi connectivity index (χ2n) is 13.1. The van der Waals surface area contributed by atoms with Crippen molar-refractivity contribution in [3.63, 3.8) is 0 Å². The minimum absolute atomic E-state index is 0.128. The molecule has 1 saturated carbocycles. The second kappa shape index (κ2) is 9.43. The molecule has 4 rings (SSSR count). The van der Waals surface area contributed by atoms with Crippen molar-refractivity contribution in [3.8, 4) is 0 Å². The summed E-state index contributed by atoms with van der Waals surface area (Å²) in [5, 5.41) is 3.31. The van der Waals surface area contributed by atoms with Crippen LogP contribution >= 0.6 is 0 Å². The van der Waals surface area contributed by atoms with E-state index in [1.807, 2.05) is 30.3 Å². The number of rotatable bonds is 7. The van der Waals surface area contributed by atoms with E-state index in [1.54, 1.807) is 0 Å². The maximum Gasteiger partial charge on any atom is 0.495 e. The van der Waals surface area contributed by atoms with Crippen molar-refractivity contribution >= 4 is 33.9 Å². The lowest BCUT2D eigenvalue weighted by atomic mass is 9.72. The van der Waals surface area contributed by atoms with Crippen LogP contribution in [0.25, 0.3) is 0 Å². The van der Waals surface area contributed by atoms with Gasteiger partial charge in [0.2, 0.25) is 0 Å². The molecule has 1 aliphatic heterocycles. The summed E-state index contributed by atoms with van der Waals surface area (Å²) in [5.41, 5.74) is 2.91. The molecule has 0 atom stereocenters.